The number of nitrogens with two attached hydrogens (primary N) is 1. The van der Waals surface area contributed by atoms with Crippen LogP contribution in [0.25, 0.3) is 0 Å². The van der Waals surface area contributed by atoms with Gasteiger partial charge in [0.1, 0.15) is 0 Å². The summed E-state index contributed by atoms with van der Waals surface area (Å²) in [7, 11) is 1.54. The van der Waals surface area contributed by atoms with Crippen molar-refractivity contribution in [2.75, 3.05) is 7.11 Å². The van der Waals surface area contributed by atoms with Crippen molar-refractivity contribution in [2.45, 2.75) is 31.5 Å². The zero-order valence-corrected chi connectivity index (χ0v) is 7.69. The van der Waals surface area contributed by atoms with Crippen LogP contribution >= 0.6 is 0 Å². The minimum Gasteiger partial charge on any atom is -0.390 e. The number of methoxy groups -OCH3 is 1. The fourth-order valence-corrected chi connectivity index (χ4v) is 1.72. The molecule has 1 amide bonds. The number of ether oxygens (including phenoxy) is 1. The largest absolute Gasteiger partial charge is 0.390 e. The van der Waals surface area contributed by atoms with Crippen molar-refractivity contribution >= 4 is 5.91 Å². The molecule has 1 aliphatic carbocycles. The molecule has 5 nitrogen and oxygen atoms in total. The lowest BCUT2D eigenvalue weighted by atomic mass is 9.85. The Morgan fingerprint density at radius 2 is 2.31 bits per heavy atom. The lowest BCUT2D eigenvalue weighted by molar-refractivity contribution is -0.130. The van der Waals surface area contributed by atoms with E-state index in [0.29, 0.717) is 19.3 Å². The number of rotatable bonds is 2. The van der Waals surface area contributed by atoms with Crippen LogP contribution in [0.15, 0.2) is 0 Å². The molecule has 1 aliphatic rings. The molecular weight excluding hydrogens is 172 g/mol. The Morgan fingerprint density at radius 3 is 2.85 bits per heavy atom. The second-order valence-corrected chi connectivity index (χ2v) is 3.36. The summed E-state index contributed by atoms with van der Waals surface area (Å²) in [6, 6.07) is 0. The van der Waals surface area contributed by atoms with Crippen molar-refractivity contribution in [2.24, 2.45) is 11.8 Å². The van der Waals surface area contributed by atoms with Gasteiger partial charge in [0.15, 0.2) is 0 Å². The van der Waals surface area contributed by atoms with Crippen molar-refractivity contribution in [3.05, 3.63) is 0 Å². The average molecular weight is 188 g/mol. The summed E-state index contributed by atoms with van der Waals surface area (Å²) < 4.78 is 5.06. The maximum atomic E-state index is 11.2. The number of amides is 1. The highest BCUT2D eigenvalue weighted by Gasteiger charge is 2.32. The first-order valence-electron chi connectivity index (χ1n) is 4.40. The van der Waals surface area contributed by atoms with Crippen LogP contribution in [-0.2, 0) is 9.53 Å². The molecule has 3 atom stereocenters. The highest BCUT2D eigenvalue weighted by molar-refractivity contribution is 5.78. The minimum atomic E-state index is -0.452. The van der Waals surface area contributed by atoms with Crippen molar-refractivity contribution in [1.29, 1.82) is 0 Å². The second kappa shape index (κ2) is 4.55. The SMILES string of the molecule is COC1CC(C(=O)NN)CCC1O. The van der Waals surface area contributed by atoms with E-state index in [1.807, 2.05) is 0 Å². The monoisotopic (exact) mass is 188 g/mol. The number of hydrazine groups is 1. The third-order valence-electron chi connectivity index (χ3n) is 2.57. The molecule has 3 unspecified atom stereocenters. The van der Waals surface area contributed by atoms with E-state index in [9.17, 15) is 9.90 Å². The van der Waals surface area contributed by atoms with Crippen LogP contribution in [0.5, 0.6) is 0 Å². The first-order valence-corrected chi connectivity index (χ1v) is 4.40. The van der Waals surface area contributed by atoms with Crippen molar-refractivity contribution in [3.8, 4) is 0 Å². The molecule has 0 saturated heterocycles. The van der Waals surface area contributed by atoms with Crippen LogP contribution < -0.4 is 11.3 Å². The quantitative estimate of drug-likeness (QED) is 0.299. The van der Waals surface area contributed by atoms with Gasteiger partial charge in [0.05, 0.1) is 12.2 Å². The zero-order valence-electron chi connectivity index (χ0n) is 7.69. The van der Waals surface area contributed by atoms with Gasteiger partial charge in [-0.25, -0.2) is 5.84 Å². The summed E-state index contributed by atoms with van der Waals surface area (Å²) in [6.07, 6.45) is 1.12. The van der Waals surface area contributed by atoms with Gasteiger partial charge in [-0.3, -0.25) is 10.2 Å². The molecule has 1 fully saturated rings. The Kier molecular flexibility index (Phi) is 3.65. The zero-order chi connectivity index (χ0) is 9.84. The molecule has 76 valence electrons. The lowest BCUT2D eigenvalue weighted by Crippen LogP contribution is -2.43. The highest BCUT2D eigenvalue weighted by Crippen LogP contribution is 2.26. The van der Waals surface area contributed by atoms with E-state index in [-0.39, 0.29) is 17.9 Å². The van der Waals surface area contributed by atoms with Crippen LogP contribution in [0.3, 0.4) is 0 Å². The summed E-state index contributed by atoms with van der Waals surface area (Å²) in [4.78, 5) is 11.2. The maximum Gasteiger partial charge on any atom is 0.237 e. The van der Waals surface area contributed by atoms with Gasteiger partial charge in [0, 0.05) is 13.0 Å². The van der Waals surface area contributed by atoms with E-state index in [4.69, 9.17) is 10.6 Å². The predicted molar refractivity (Wildman–Crippen MR) is 46.5 cm³/mol. The van der Waals surface area contributed by atoms with Gasteiger partial charge in [0.25, 0.3) is 0 Å². The Morgan fingerprint density at radius 1 is 1.62 bits per heavy atom. The molecular formula is C8H16N2O3. The first-order chi connectivity index (χ1) is 6.19. The van der Waals surface area contributed by atoms with Crippen LogP contribution in [-0.4, -0.2) is 30.3 Å². The summed E-state index contributed by atoms with van der Waals surface area (Å²) in [5, 5.41) is 9.45. The Balaban J connectivity index is 2.49. The summed E-state index contributed by atoms with van der Waals surface area (Å²) >= 11 is 0. The number of hydrogen-bond acceptors (Lipinski definition) is 4. The third kappa shape index (κ3) is 2.40. The molecule has 0 aliphatic heterocycles. The van der Waals surface area contributed by atoms with Crippen molar-refractivity contribution in [3.63, 3.8) is 0 Å². The van der Waals surface area contributed by atoms with E-state index >= 15 is 0 Å². The Hall–Kier alpha value is -0.650. The van der Waals surface area contributed by atoms with E-state index in [1.54, 1.807) is 0 Å². The predicted octanol–water partition coefficient (Wildman–Crippen LogP) is -0.848. The van der Waals surface area contributed by atoms with Crippen molar-refractivity contribution in [1.82, 2.24) is 5.43 Å². The summed E-state index contributed by atoms with van der Waals surface area (Å²) in [5.41, 5.74) is 2.12. The Bertz CT molecular complexity index is 186. The van der Waals surface area contributed by atoms with Gasteiger partial charge in [-0.15, -0.1) is 0 Å². The van der Waals surface area contributed by atoms with Gasteiger partial charge in [-0.2, -0.15) is 0 Å². The number of carbonyl (C=O) groups excluding carboxylic acids is 1. The normalized spacial score (nSPS) is 34.2. The molecule has 13 heavy (non-hydrogen) atoms. The molecule has 0 aromatic carbocycles. The third-order valence-corrected chi connectivity index (χ3v) is 2.57. The molecule has 1 saturated carbocycles. The summed E-state index contributed by atoms with van der Waals surface area (Å²) in [5.74, 6) is 4.72. The van der Waals surface area contributed by atoms with Gasteiger partial charge >= 0.3 is 0 Å². The first kappa shape index (κ1) is 10.4. The molecule has 0 radical (unpaired) electrons. The number of hydrogen-bond donors (Lipinski definition) is 3. The number of carbonyl (C=O) groups is 1. The van der Waals surface area contributed by atoms with Gasteiger partial charge in [0.2, 0.25) is 5.91 Å². The van der Waals surface area contributed by atoms with Gasteiger partial charge in [-0.05, 0) is 19.3 Å². The number of nitrogens with one attached hydrogen (secondary N) is 1. The topological polar surface area (TPSA) is 84.6 Å². The number of aliphatic hydroxyl groups excluding tert-OH is 1. The molecule has 4 N–H and O–H groups in total. The molecule has 0 heterocycles. The van der Waals surface area contributed by atoms with Crippen molar-refractivity contribution < 1.29 is 14.6 Å². The maximum absolute atomic E-state index is 11.2. The molecule has 0 spiro atoms. The molecule has 1 rings (SSSR count). The van der Waals surface area contributed by atoms with E-state index in [2.05, 4.69) is 5.43 Å². The highest BCUT2D eigenvalue weighted by atomic mass is 16.5. The van der Waals surface area contributed by atoms with E-state index in [1.165, 1.54) is 7.11 Å². The van der Waals surface area contributed by atoms with Gasteiger partial charge < -0.3 is 9.84 Å². The van der Waals surface area contributed by atoms with E-state index < -0.39 is 6.10 Å². The van der Waals surface area contributed by atoms with Gasteiger partial charge in [-0.1, -0.05) is 0 Å². The van der Waals surface area contributed by atoms with Crippen LogP contribution in [0.1, 0.15) is 19.3 Å². The fraction of sp³-hybridized carbons (Fsp3) is 0.875. The minimum absolute atomic E-state index is 0.127. The lowest BCUT2D eigenvalue weighted by Gasteiger charge is -2.31. The fourth-order valence-electron chi connectivity index (χ4n) is 1.72. The van der Waals surface area contributed by atoms with E-state index in [0.717, 1.165) is 0 Å². The average Bonchev–Trinajstić information content (AvgIpc) is 2.17. The molecule has 5 heteroatoms. The smallest absolute Gasteiger partial charge is 0.237 e. The van der Waals surface area contributed by atoms with Crippen LogP contribution in [0.4, 0.5) is 0 Å². The molecule has 0 bridgehead atoms. The molecule has 0 aromatic heterocycles. The second-order valence-electron chi connectivity index (χ2n) is 3.36. The molecule has 0 aromatic rings. The summed E-state index contributed by atoms with van der Waals surface area (Å²) in [6.45, 7) is 0. The number of aliphatic hydroxyl groups is 1. The van der Waals surface area contributed by atoms with Crippen LogP contribution in [0.2, 0.25) is 0 Å². The van der Waals surface area contributed by atoms with Crippen LogP contribution in [0, 0.1) is 5.92 Å². The Labute approximate surface area is 77.2 Å². The standard InChI is InChI=1S/C8H16N2O3/c1-13-7-4-5(8(12)10-9)2-3-6(7)11/h5-7,11H,2-4,9H2,1H3,(H,10,12).